The van der Waals surface area contributed by atoms with Crippen LogP contribution in [-0.4, -0.2) is 0 Å². The van der Waals surface area contributed by atoms with Gasteiger partial charge in [-0.3, -0.25) is 0 Å². The molecule has 68 valence electrons. The van der Waals surface area contributed by atoms with Crippen molar-refractivity contribution in [2.45, 2.75) is 0 Å². The summed E-state index contributed by atoms with van der Waals surface area (Å²) < 4.78 is 0. The summed E-state index contributed by atoms with van der Waals surface area (Å²) in [5.41, 5.74) is 0. The molecule has 6 nitrogen and oxygen atoms in total. The van der Waals surface area contributed by atoms with Crippen LogP contribution in [0.4, 0.5) is 0 Å². The van der Waals surface area contributed by atoms with Gasteiger partial charge in [0.2, 0.25) is 0 Å². The predicted octanol–water partition coefficient (Wildman–Crippen LogP) is -2.90. The molecule has 0 aromatic carbocycles. The van der Waals surface area contributed by atoms with E-state index in [9.17, 15) is 0 Å². The van der Waals surface area contributed by atoms with E-state index in [-0.39, 0.29) is 68.7 Å². The standard InChI is InChI=1S/6CN.Cr.Fe.K/c6*1-2;;;/q;;;;;;+3;-3;+1. The zero-order valence-corrected chi connectivity index (χ0v) is 12.9. The summed E-state index contributed by atoms with van der Waals surface area (Å²) in [5, 5.41) is 51.5. The topological polar surface area (TPSA) is 143 Å². The first-order chi connectivity index (χ1) is 5.97. The van der Waals surface area contributed by atoms with E-state index in [0.717, 1.165) is 29.8 Å². The molecule has 0 saturated carbocycles. The summed E-state index contributed by atoms with van der Waals surface area (Å²) >= 11 is 0. The van der Waals surface area contributed by atoms with Crippen LogP contribution in [0.1, 0.15) is 0 Å². The Morgan fingerprint density at radius 3 is 0.667 bits per heavy atom. The summed E-state index contributed by atoms with van der Waals surface area (Å²) in [6, 6.07) is 0. The second-order valence-corrected chi connectivity index (χ2v) is 7.42. The van der Waals surface area contributed by atoms with Gasteiger partial charge < -0.3 is 0 Å². The van der Waals surface area contributed by atoms with E-state index in [4.69, 9.17) is 31.6 Å². The van der Waals surface area contributed by atoms with Crippen LogP contribution in [0.3, 0.4) is 0 Å². The van der Waals surface area contributed by atoms with Crippen molar-refractivity contribution >= 4 is 0 Å². The minimum absolute atomic E-state index is 0. The van der Waals surface area contributed by atoms with E-state index >= 15 is 0 Å². The van der Waals surface area contributed by atoms with E-state index in [2.05, 4.69) is 0 Å². The average molecular weight is 303 g/mol. The van der Waals surface area contributed by atoms with Crippen molar-refractivity contribution in [1.29, 1.82) is 31.6 Å². The fourth-order valence-corrected chi connectivity index (χ4v) is 1.09. The molecule has 0 N–H and O–H groups in total. The molecular weight excluding hydrogens is 303 g/mol. The van der Waals surface area contributed by atoms with Gasteiger partial charge in [0.15, 0.2) is 0 Å². The molecule has 1 radical (unpaired) electrons. The second-order valence-electron chi connectivity index (χ2n) is 1.80. The first-order valence-electron chi connectivity index (χ1n) is 2.40. The molecule has 15 heavy (non-hydrogen) atoms. The molecule has 0 atom stereocenters. The SMILES string of the molecule is N#[C][Fe-3]([C]#N)([C]#N)([C]#N)([C]#N)[C]#N.[Cr+3].[K+]. The third kappa shape index (κ3) is 2.10. The van der Waals surface area contributed by atoms with Crippen molar-refractivity contribution in [3.63, 3.8) is 0 Å². The zero-order chi connectivity index (χ0) is 10.7. The maximum atomic E-state index is 8.58. The van der Waals surface area contributed by atoms with Crippen LogP contribution < -0.4 is 51.4 Å². The first kappa shape index (κ1) is 20.1. The number of hydrogen-bond donors (Lipinski definition) is 0. The molecule has 0 aliphatic rings. The number of nitriles is 6. The average Bonchev–Trinajstić information content (AvgIpc) is 2.26. The van der Waals surface area contributed by atoms with Crippen LogP contribution in [0.25, 0.3) is 0 Å². The molecule has 0 spiro atoms. The van der Waals surface area contributed by atoms with Gasteiger partial charge in [-0.25, -0.2) is 0 Å². The fraction of sp³-hybridized carbons (Fsp3) is 0. The summed E-state index contributed by atoms with van der Waals surface area (Å²) in [6.45, 7) is 0. The van der Waals surface area contributed by atoms with Crippen molar-refractivity contribution in [3.05, 3.63) is 0 Å². The van der Waals surface area contributed by atoms with Crippen LogP contribution in [0.15, 0.2) is 0 Å². The van der Waals surface area contributed by atoms with Crippen LogP contribution >= 0.6 is 0 Å². The van der Waals surface area contributed by atoms with Gasteiger partial charge in [0.1, 0.15) is 0 Å². The van der Waals surface area contributed by atoms with E-state index in [1.54, 1.807) is 0 Å². The third-order valence-electron chi connectivity index (χ3n) is 1.19. The largest absolute Gasteiger partial charge is 3.00 e. The molecule has 0 heterocycles. The van der Waals surface area contributed by atoms with Crippen molar-refractivity contribution in [3.8, 4) is 29.8 Å². The van der Waals surface area contributed by atoms with Gasteiger partial charge in [-0.15, -0.1) is 0 Å². The van der Waals surface area contributed by atoms with E-state index in [1.807, 2.05) is 0 Å². The van der Waals surface area contributed by atoms with Gasteiger partial charge in [0.25, 0.3) is 0 Å². The number of nitrogens with zero attached hydrogens (tertiary/aromatic N) is 6. The van der Waals surface area contributed by atoms with Crippen LogP contribution in [0.5, 0.6) is 0 Å². The smallest absolute Gasteiger partial charge is 1.00 e. The molecule has 0 aliphatic carbocycles. The molecule has 0 aromatic rings. The Hall–Kier alpha value is -0.372. The second kappa shape index (κ2) is 5.11. The Bertz CT molecular complexity index is 397. The van der Waals surface area contributed by atoms with E-state index in [1.165, 1.54) is 0 Å². The van der Waals surface area contributed by atoms with Crippen LogP contribution in [0.2, 0.25) is 0 Å². The Morgan fingerprint density at radius 1 is 0.533 bits per heavy atom. The molecule has 0 aromatic heterocycles. The molecule has 0 fully saturated rings. The monoisotopic (exact) mass is 303 g/mol. The fourth-order valence-electron chi connectivity index (χ4n) is 0.265. The molecule has 0 unspecified atom stereocenters. The van der Waals surface area contributed by atoms with E-state index in [0.29, 0.717) is 0 Å². The molecule has 0 aliphatic heterocycles. The minimum Gasteiger partial charge on any atom is 1.00 e. The Labute approximate surface area is 138 Å². The Morgan fingerprint density at radius 2 is 0.667 bits per heavy atom. The molecule has 9 heteroatoms. The van der Waals surface area contributed by atoms with Crippen LogP contribution in [0, 0.1) is 61.4 Å². The van der Waals surface area contributed by atoms with Crippen molar-refractivity contribution in [2.24, 2.45) is 0 Å². The zero-order valence-electron chi connectivity index (χ0n) is 7.45. The van der Waals surface area contributed by atoms with Crippen molar-refractivity contribution in [2.75, 3.05) is 0 Å². The summed E-state index contributed by atoms with van der Waals surface area (Å²) in [6.07, 6.45) is 0. The quantitative estimate of drug-likeness (QED) is 0.439. The number of rotatable bonds is 0. The van der Waals surface area contributed by atoms with Gasteiger partial charge in [-0.2, -0.15) is 0 Å². The Balaban J connectivity index is -0.000000720. The number of hydrogen-bond acceptors (Lipinski definition) is 6. The third-order valence-corrected chi connectivity index (χ3v) is 4.89. The maximum absolute atomic E-state index is 8.58. The first-order valence-corrected chi connectivity index (χ1v) is 5.71. The van der Waals surface area contributed by atoms with Gasteiger partial charge in [0, 0.05) is 0 Å². The van der Waals surface area contributed by atoms with Gasteiger partial charge in [-0.1, -0.05) is 0 Å². The molecular formula is C6CrFeKN6+. The molecule has 0 saturated heterocycles. The van der Waals surface area contributed by atoms with Crippen molar-refractivity contribution in [1.82, 2.24) is 0 Å². The molecule has 0 amide bonds. The van der Waals surface area contributed by atoms with Gasteiger partial charge in [0.05, 0.1) is 0 Å². The summed E-state index contributed by atoms with van der Waals surface area (Å²) in [5.74, 6) is 0. The van der Waals surface area contributed by atoms with Crippen molar-refractivity contribution < 1.29 is 79.5 Å². The Kier molecular flexibility index (Phi) is 6.84. The molecule has 0 rings (SSSR count). The van der Waals surface area contributed by atoms with Gasteiger partial charge >= 0.3 is 141 Å². The maximum Gasteiger partial charge on any atom is 3.00 e. The minimum atomic E-state index is -6.17. The normalized spacial score (nSPS) is 11.6. The summed E-state index contributed by atoms with van der Waals surface area (Å²) in [4.78, 5) is 6.19. The van der Waals surface area contributed by atoms with Gasteiger partial charge in [-0.05, 0) is 0 Å². The van der Waals surface area contributed by atoms with E-state index < -0.39 is 10.7 Å². The summed E-state index contributed by atoms with van der Waals surface area (Å²) in [7, 11) is -6.17. The van der Waals surface area contributed by atoms with Crippen LogP contribution in [-0.2, 0) is 28.1 Å². The predicted molar refractivity (Wildman–Crippen MR) is 33.7 cm³/mol. The molecule has 0 bridgehead atoms.